The van der Waals surface area contributed by atoms with Gasteiger partial charge in [-0.1, -0.05) is 18.2 Å². The highest BCUT2D eigenvalue weighted by molar-refractivity contribution is 7.09. The number of ether oxygens (including phenoxy) is 1. The fourth-order valence-electron chi connectivity index (χ4n) is 3.82. The normalized spacial score (nSPS) is 19.4. The number of amides is 2. The molecule has 6 heteroatoms. The summed E-state index contributed by atoms with van der Waals surface area (Å²) in [7, 11) is 0. The molecular formula is C23H26N2O3S. The average molecular weight is 411 g/mol. The van der Waals surface area contributed by atoms with E-state index in [1.807, 2.05) is 51.6 Å². The Balaban J connectivity index is 1.41. The molecule has 2 amide bonds. The van der Waals surface area contributed by atoms with Crippen molar-refractivity contribution in [2.45, 2.75) is 38.3 Å². The third-order valence-corrected chi connectivity index (χ3v) is 6.24. The summed E-state index contributed by atoms with van der Waals surface area (Å²) in [6.45, 7) is 2.80. The number of hydrogen-bond acceptors (Lipinski definition) is 4. The minimum atomic E-state index is -0.00676. The highest BCUT2D eigenvalue weighted by Gasteiger charge is 2.22. The molecule has 0 aliphatic carbocycles. The van der Waals surface area contributed by atoms with Gasteiger partial charge < -0.3 is 14.5 Å². The molecule has 2 fully saturated rings. The van der Waals surface area contributed by atoms with Crippen molar-refractivity contribution in [1.29, 1.82) is 0 Å². The molecule has 29 heavy (non-hydrogen) atoms. The van der Waals surface area contributed by atoms with Gasteiger partial charge in [-0.3, -0.25) is 9.59 Å². The smallest absolute Gasteiger partial charge is 0.246 e. The van der Waals surface area contributed by atoms with E-state index in [0.717, 1.165) is 43.7 Å². The summed E-state index contributed by atoms with van der Waals surface area (Å²) >= 11 is 1.66. The Hall–Kier alpha value is -2.44. The summed E-state index contributed by atoms with van der Waals surface area (Å²) in [4.78, 5) is 29.6. The minimum Gasteiger partial charge on any atom is -0.376 e. The largest absolute Gasteiger partial charge is 0.376 e. The number of anilines is 1. The number of hydrogen-bond donors (Lipinski definition) is 0. The van der Waals surface area contributed by atoms with Crippen molar-refractivity contribution in [3.63, 3.8) is 0 Å². The monoisotopic (exact) mass is 410 g/mol. The van der Waals surface area contributed by atoms with Crippen molar-refractivity contribution >= 4 is 34.9 Å². The third-order valence-electron chi connectivity index (χ3n) is 5.38. The minimum absolute atomic E-state index is 0.00676. The Morgan fingerprint density at radius 2 is 2.10 bits per heavy atom. The second-order valence-corrected chi connectivity index (χ2v) is 8.54. The lowest BCUT2D eigenvalue weighted by Crippen LogP contribution is -2.35. The predicted molar refractivity (Wildman–Crippen MR) is 116 cm³/mol. The first-order valence-electron chi connectivity index (χ1n) is 10.2. The van der Waals surface area contributed by atoms with Crippen LogP contribution in [-0.2, 0) is 20.9 Å². The second kappa shape index (κ2) is 9.37. The van der Waals surface area contributed by atoms with Crippen LogP contribution in [0.1, 0.15) is 36.1 Å². The van der Waals surface area contributed by atoms with Crippen LogP contribution in [0.2, 0.25) is 0 Å². The first kappa shape index (κ1) is 19.9. The van der Waals surface area contributed by atoms with Gasteiger partial charge in [0.25, 0.3) is 0 Å². The van der Waals surface area contributed by atoms with Gasteiger partial charge in [0.1, 0.15) is 0 Å². The predicted octanol–water partition coefficient (Wildman–Crippen LogP) is 4.10. The Bertz CT molecular complexity index is 855. The van der Waals surface area contributed by atoms with Crippen molar-refractivity contribution in [1.82, 2.24) is 4.90 Å². The summed E-state index contributed by atoms with van der Waals surface area (Å²) in [5.41, 5.74) is 1.87. The molecule has 0 N–H and O–H groups in total. The number of benzene rings is 1. The SMILES string of the molecule is O=C(/C=C/c1ccc(N2CCCC2=O)cc1)N(Cc1cccs1)CC1CCCO1. The first-order valence-corrected chi connectivity index (χ1v) is 11.1. The van der Waals surface area contributed by atoms with Gasteiger partial charge >= 0.3 is 0 Å². The van der Waals surface area contributed by atoms with Crippen LogP contribution in [0.25, 0.3) is 6.08 Å². The van der Waals surface area contributed by atoms with Gasteiger partial charge in [-0.2, -0.15) is 0 Å². The van der Waals surface area contributed by atoms with Crippen molar-refractivity contribution < 1.29 is 14.3 Å². The average Bonchev–Trinajstić information content (AvgIpc) is 3.50. The molecule has 2 aromatic rings. The Morgan fingerprint density at radius 1 is 1.24 bits per heavy atom. The molecule has 152 valence electrons. The lowest BCUT2D eigenvalue weighted by molar-refractivity contribution is -0.128. The van der Waals surface area contributed by atoms with Crippen LogP contribution in [0, 0.1) is 0 Å². The van der Waals surface area contributed by atoms with Crippen molar-refractivity contribution in [2.75, 3.05) is 24.6 Å². The lowest BCUT2D eigenvalue weighted by Gasteiger charge is -2.23. The number of carbonyl (C=O) groups is 2. The second-order valence-electron chi connectivity index (χ2n) is 7.51. The van der Waals surface area contributed by atoms with Crippen LogP contribution in [0.15, 0.2) is 47.9 Å². The van der Waals surface area contributed by atoms with E-state index in [9.17, 15) is 9.59 Å². The highest BCUT2D eigenvalue weighted by Crippen LogP contribution is 2.22. The molecule has 5 nitrogen and oxygen atoms in total. The molecule has 4 rings (SSSR count). The van der Waals surface area contributed by atoms with Gasteiger partial charge in [-0.25, -0.2) is 0 Å². The Kier molecular flexibility index (Phi) is 6.42. The van der Waals surface area contributed by atoms with E-state index in [-0.39, 0.29) is 17.9 Å². The summed E-state index contributed by atoms with van der Waals surface area (Å²) in [5, 5.41) is 2.03. The van der Waals surface area contributed by atoms with Gasteiger partial charge in [-0.15, -0.1) is 11.3 Å². The topological polar surface area (TPSA) is 49.9 Å². The van der Waals surface area contributed by atoms with Gasteiger partial charge in [0.05, 0.1) is 12.6 Å². The zero-order valence-electron chi connectivity index (χ0n) is 16.5. The highest BCUT2D eigenvalue weighted by atomic mass is 32.1. The maximum atomic E-state index is 12.9. The number of carbonyl (C=O) groups excluding carboxylic acids is 2. The molecule has 2 aliphatic rings. The molecular weight excluding hydrogens is 384 g/mol. The summed E-state index contributed by atoms with van der Waals surface area (Å²) in [6, 6.07) is 11.9. The molecule has 0 saturated carbocycles. The van der Waals surface area contributed by atoms with E-state index in [0.29, 0.717) is 19.5 Å². The fourth-order valence-corrected chi connectivity index (χ4v) is 4.54. The quantitative estimate of drug-likeness (QED) is 0.646. The lowest BCUT2D eigenvalue weighted by atomic mass is 10.1. The molecule has 0 spiro atoms. The van der Waals surface area contributed by atoms with Gasteiger partial charge in [0.2, 0.25) is 11.8 Å². The fraction of sp³-hybridized carbons (Fsp3) is 0.391. The van der Waals surface area contributed by atoms with E-state index in [2.05, 4.69) is 6.07 Å². The van der Waals surface area contributed by atoms with Gasteiger partial charge in [0, 0.05) is 42.8 Å². The molecule has 1 aromatic carbocycles. The zero-order chi connectivity index (χ0) is 20.1. The molecule has 1 atom stereocenters. The van der Waals surface area contributed by atoms with E-state index in [1.54, 1.807) is 17.4 Å². The van der Waals surface area contributed by atoms with Crippen LogP contribution >= 0.6 is 11.3 Å². The number of thiophene rings is 1. The van der Waals surface area contributed by atoms with E-state index in [1.165, 1.54) is 4.88 Å². The molecule has 1 aromatic heterocycles. The van der Waals surface area contributed by atoms with Crippen LogP contribution in [-0.4, -0.2) is 42.5 Å². The Labute approximate surface area is 175 Å². The van der Waals surface area contributed by atoms with Gasteiger partial charge in [0.15, 0.2) is 0 Å². The number of nitrogens with zero attached hydrogens (tertiary/aromatic N) is 2. The van der Waals surface area contributed by atoms with Crippen LogP contribution < -0.4 is 4.90 Å². The maximum absolute atomic E-state index is 12.9. The molecule has 1 unspecified atom stereocenters. The number of rotatable bonds is 7. The zero-order valence-corrected chi connectivity index (χ0v) is 17.3. The van der Waals surface area contributed by atoms with Gasteiger partial charge in [-0.05, 0) is 54.5 Å². The van der Waals surface area contributed by atoms with Crippen LogP contribution in [0.5, 0.6) is 0 Å². The molecule has 0 radical (unpaired) electrons. The van der Waals surface area contributed by atoms with Crippen molar-refractivity contribution in [3.8, 4) is 0 Å². The first-order chi connectivity index (χ1) is 14.2. The van der Waals surface area contributed by atoms with E-state index >= 15 is 0 Å². The van der Waals surface area contributed by atoms with Crippen molar-refractivity contribution in [2.24, 2.45) is 0 Å². The van der Waals surface area contributed by atoms with Crippen LogP contribution in [0.3, 0.4) is 0 Å². The summed E-state index contributed by atoms with van der Waals surface area (Å²) in [5.74, 6) is 0.175. The molecule has 3 heterocycles. The summed E-state index contributed by atoms with van der Waals surface area (Å²) in [6.07, 6.45) is 7.22. The summed E-state index contributed by atoms with van der Waals surface area (Å²) < 4.78 is 5.74. The van der Waals surface area contributed by atoms with Crippen molar-refractivity contribution in [3.05, 3.63) is 58.3 Å². The standard InChI is InChI=1S/C23H26N2O3S/c26-22(24(16-20-4-2-14-28-20)17-21-5-3-15-29-21)12-9-18-7-10-19(11-8-18)25-13-1-6-23(25)27/h3,5,7-12,15,20H,1-2,4,6,13-14,16-17H2/b12-9+. The van der Waals surface area contributed by atoms with E-state index in [4.69, 9.17) is 4.74 Å². The van der Waals surface area contributed by atoms with Crippen LogP contribution in [0.4, 0.5) is 5.69 Å². The molecule has 2 saturated heterocycles. The molecule has 0 bridgehead atoms. The van der Waals surface area contributed by atoms with E-state index < -0.39 is 0 Å². The maximum Gasteiger partial charge on any atom is 0.246 e. The molecule has 2 aliphatic heterocycles. The Morgan fingerprint density at radius 3 is 2.76 bits per heavy atom. The third kappa shape index (κ3) is 5.14.